The largest absolute Gasteiger partial charge is 0.494 e. The number of hydrogen-bond donors (Lipinski definition) is 1. The Hall–Kier alpha value is -3.42. The monoisotopic (exact) mass is 326 g/mol. The molecule has 0 aliphatic heterocycles. The lowest BCUT2D eigenvalue weighted by Crippen LogP contribution is -2.22. The number of rotatable bonds is 5. The van der Waals surface area contributed by atoms with E-state index in [2.05, 4.69) is 20.3 Å². The summed E-state index contributed by atoms with van der Waals surface area (Å²) in [6.45, 7) is 2.46. The zero-order valence-corrected chi connectivity index (χ0v) is 12.8. The molecule has 0 aliphatic rings. The quantitative estimate of drug-likeness (QED) is 0.436. The van der Waals surface area contributed by atoms with Gasteiger partial charge in [-0.05, 0) is 53.8 Å². The van der Waals surface area contributed by atoms with Gasteiger partial charge in [0.05, 0.1) is 12.8 Å². The van der Waals surface area contributed by atoms with Crippen LogP contribution in [0.2, 0.25) is 0 Å². The van der Waals surface area contributed by atoms with Crippen LogP contribution in [0.5, 0.6) is 5.75 Å². The molecule has 0 radical (unpaired) electrons. The van der Waals surface area contributed by atoms with Crippen molar-refractivity contribution in [2.45, 2.75) is 6.92 Å². The molecule has 2 aromatic carbocycles. The third-order valence-electron chi connectivity index (χ3n) is 3.22. The van der Waals surface area contributed by atoms with Crippen molar-refractivity contribution in [3.05, 3.63) is 58.8 Å². The Labute approximate surface area is 136 Å². The molecule has 122 valence electrons. The van der Waals surface area contributed by atoms with E-state index in [-0.39, 0.29) is 5.91 Å². The van der Waals surface area contributed by atoms with E-state index in [4.69, 9.17) is 4.74 Å². The van der Waals surface area contributed by atoms with E-state index < -0.39 is 0 Å². The molecule has 1 amide bonds. The van der Waals surface area contributed by atoms with E-state index in [1.807, 2.05) is 6.92 Å². The van der Waals surface area contributed by atoms with Crippen molar-refractivity contribution in [2.24, 2.45) is 5.10 Å². The van der Waals surface area contributed by atoms with Crippen LogP contribution in [0.15, 0.2) is 52.2 Å². The lowest BCUT2D eigenvalue weighted by molar-refractivity contribution is -0.782. The third kappa shape index (κ3) is 3.32. The summed E-state index contributed by atoms with van der Waals surface area (Å²) in [5.74, 6) is 0.364. The van der Waals surface area contributed by atoms with E-state index in [0.717, 1.165) is 0 Å². The number of aromatic nitrogens is 2. The van der Waals surface area contributed by atoms with E-state index in [0.29, 0.717) is 39.4 Å². The second kappa shape index (κ2) is 6.78. The fraction of sp³-hybridized carbons (Fsp3) is 0.125. The normalized spacial score (nSPS) is 11.0. The van der Waals surface area contributed by atoms with Gasteiger partial charge in [-0.1, -0.05) is 0 Å². The summed E-state index contributed by atoms with van der Waals surface area (Å²) < 4.78 is 9.80. The molecule has 0 saturated carbocycles. The summed E-state index contributed by atoms with van der Waals surface area (Å²) in [4.78, 5) is 12.3. The number of carbonyl (C=O) groups is 1. The lowest BCUT2D eigenvalue weighted by atomic mass is 10.2. The van der Waals surface area contributed by atoms with Gasteiger partial charge in [-0.15, -0.1) is 0 Å². The summed E-state index contributed by atoms with van der Waals surface area (Å²) in [5.41, 5.74) is 4.30. The summed E-state index contributed by atoms with van der Waals surface area (Å²) in [5, 5.41) is 18.7. The second-order valence-corrected chi connectivity index (χ2v) is 4.83. The van der Waals surface area contributed by atoms with Gasteiger partial charge in [0, 0.05) is 16.8 Å². The molecule has 8 nitrogen and oxygen atoms in total. The summed E-state index contributed by atoms with van der Waals surface area (Å²) in [6.07, 6.45) is 1.45. The molecule has 24 heavy (non-hydrogen) atoms. The minimum Gasteiger partial charge on any atom is -0.494 e. The van der Waals surface area contributed by atoms with Gasteiger partial charge in [0.25, 0.3) is 5.91 Å². The van der Waals surface area contributed by atoms with Gasteiger partial charge in [0.15, 0.2) is 0 Å². The van der Waals surface area contributed by atoms with Crippen molar-refractivity contribution in [1.82, 2.24) is 10.6 Å². The van der Waals surface area contributed by atoms with Crippen LogP contribution in [0.25, 0.3) is 11.0 Å². The number of carbonyl (C=O) groups excluding carboxylic acids is 1. The van der Waals surface area contributed by atoms with Crippen LogP contribution in [0.3, 0.4) is 0 Å². The first kappa shape index (κ1) is 15.5. The molecule has 0 atom stereocenters. The standard InChI is InChI=1S/C16H14N4O4/c1-2-23-13-6-4-12(5-7-13)16(21)18-17-10-11-3-8-15-14(9-11)19-24-20(15)22/h3-10H,2H2,1H3,(H,18,21)/b17-10+. The predicted molar refractivity (Wildman–Crippen MR) is 85.6 cm³/mol. The zero-order valence-electron chi connectivity index (χ0n) is 12.8. The van der Waals surface area contributed by atoms with Gasteiger partial charge in [0.1, 0.15) is 5.75 Å². The van der Waals surface area contributed by atoms with Crippen LogP contribution in [0.4, 0.5) is 0 Å². The maximum absolute atomic E-state index is 12.0. The fourth-order valence-electron chi connectivity index (χ4n) is 2.07. The van der Waals surface area contributed by atoms with Crippen molar-refractivity contribution < 1.29 is 19.1 Å². The minimum absolute atomic E-state index is 0.323. The van der Waals surface area contributed by atoms with E-state index in [1.54, 1.807) is 42.5 Å². The lowest BCUT2D eigenvalue weighted by Gasteiger charge is -2.03. The average molecular weight is 326 g/mol. The molecule has 0 saturated heterocycles. The first-order valence-corrected chi connectivity index (χ1v) is 7.23. The van der Waals surface area contributed by atoms with E-state index in [1.165, 1.54) is 6.21 Å². The Morgan fingerprint density at radius 1 is 1.38 bits per heavy atom. The van der Waals surface area contributed by atoms with Crippen molar-refractivity contribution in [3.8, 4) is 5.75 Å². The number of hydrazone groups is 1. The van der Waals surface area contributed by atoms with Gasteiger partial charge in [-0.2, -0.15) is 5.10 Å². The number of ether oxygens (including phenoxy) is 1. The molecule has 3 aromatic rings. The molecular weight excluding hydrogens is 312 g/mol. The zero-order chi connectivity index (χ0) is 16.9. The summed E-state index contributed by atoms with van der Waals surface area (Å²) in [6, 6.07) is 11.6. The van der Waals surface area contributed by atoms with E-state index >= 15 is 0 Å². The topological polar surface area (TPSA) is 104 Å². The van der Waals surface area contributed by atoms with Crippen LogP contribution >= 0.6 is 0 Å². The smallest absolute Gasteiger partial charge is 0.271 e. The van der Waals surface area contributed by atoms with Gasteiger partial charge >= 0.3 is 0 Å². The molecule has 0 bridgehead atoms. The second-order valence-electron chi connectivity index (χ2n) is 4.83. The fourth-order valence-corrected chi connectivity index (χ4v) is 2.07. The van der Waals surface area contributed by atoms with Crippen LogP contribution < -0.4 is 15.1 Å². The van der Waals surface area contributed by atoms with Crippen LogP contribution in [0, 0.1) is 5.21 Å². The molecule has 8 heteroatoms. The average Bonchev–Trinajstić information content (AvgIpc) is 2.96. The number of hydrogen-bond acceptors (Lipinski definition) is 6. The molecule has 1 N–H and O–H groups in total. The Morgan fingerprint density at radius 3 is 2.92 bits per heavy atom. The number of fused-ring (bicyclic) bond motifs is 1. The molecule has 1 aromatic heterocycles. The first-order chi connectivity index (χ1) is 11.7. The molecule has 3 rings (SSSR count). The Kier molecular flexibility index (Phi) is 4.37. The SMILES string of the molecule is CCOc1ccc(C(=O)N/N=C/c2ccc3c(c2)no[n+]3[O-])cc1. The highest BCUT2D eigenvalue weighted by molar-refractivity contribution is 5.95. The summed E-state index contributed by atoms with van der Waals surface area (Å²) in [7, 11) is 0. The number of nitrogens with one attached hydrogen (secondary N) is 1. The highest BCUT2D eigenvalue weighted by atomic mass is 16.8. The van der Waals surface area contributed by atoms with Gasteiger partial charge in [0.2, 0.25) is 11.0 Å². The van der Waals surface area contributed by atoms with Crippen molar-refractivity contribution >= 4 is 23.2 Å². The Bertz CT molecular complexity index is 887. The first-order valence-electron chi connectivity index (χ1n) is 7.23. The van der Waals surface area contributed by atoms with Gasteiger partial charge < -0.3 is 9.94 Å². The van der Waals surface area contributed by atoms with Crippen molar-refractivity contribution in [1.29, 1.82) is 0 Å². The van der Waals surface area contributed by atoms with Gasteiger partial charge in [-0.25, -0.2) is 5.43 Å². The van der Waals surface area contributed by atoms with E-state index in [9.17, 15) is 10.0 Å². The minimum atomic E-state index is -0.339. The number of benzene rings is 2. The van der Waals surface area contributed by atoms with Crippen LogP contribution in [-0.2, 0) is 0 Å². The van der Waals surface area contributed by atoms with Crippen LogP contribution in [0.1, 0.15) is 22.8 Å². The summed E-state index contributed by atoms with van der Waals surface area (Å²) >= 11 is 0. The highest BCUT2D eigenvalue weighted by Gasteiger charge is 2.08. The van der Waals surface area contributed by atoms with Crippen molar-refractivity contribution in [3.63, 3.8) is 0 Å². The molecular formula is C16H14N4O4. The molecule has 0 spiro atoms. The Balaban J connectivity index is 1.64. The molecule has 1 heterocycles. The Morgan fingerprint density at radius 2 is 2.17 bits per heavy atom. The van der Waals surface area contributed by atoms with Gasteiger partial charge in [-0.3, -0.25) is 9.42 Å². The highest BCUT2D eigenvalue weighted by Crippen LogP contribution is 2.12. The van der Waals surface area contributed by atoms with Crippen molar-refractivity contribution in [2.75, 3.05) is 6.61 Å². The number of amides is 1. The molecule has 0 fully saturated rings. The number of nitrogens with zero attached hydrogens (tertiary/aromatic N) is 3. The maximum Gasteiger partial charge on any atom is 0.271 e. The third-order valence-corrected chi connectivity index (χ3v) is 3.22. The molecule has 0 aliphatic carbocycles. The maximum atomic E-state index is 12.0. The van der Waals surface area contributed by atoms with Crippen LogP contribution in [-0.4, -0.2) is 23.9 Å². The predicted octanol–water partition coefficient (Wildman–Crippen LogP) is 1.62. The molecule has 0 unspecified atom stereocenters.